The molecule has 0 spiro atoms. The van der Waals surface area contributed by atoms with Crippen LogP contribution >= 0.6 is 11.8 Å². The minimum Gasteiger partial charge on any atom is -0.508 e. The monoisotopic (exact) mass is 352 g/mol. The zero-order valence-electron chi connectivity index (χ0n) is 12.9. The zero-order valence-corrected chi connectivity index (χ0v) is 13.7. The van der Waals surface area contributed by atoms with E-state index in [1.807, 2.05) is 30.3 Å². The Morgan fingerprint density at radius 3 is 2.64 bits per heavy atom. The van der Waals surface area contributed by atoms with Gasteiger partial charge in [-0.25, -0.2) is 0 Å². The quantitative estimate of drug-likeness (QED) is 0.547. The molecule has 2 aromatic carbocycles. The van der Waals surface area contributed by atoms with Crippen molar-refractivity contribution in [2.75, 3.05) is 0 Å². The molecule has 0 aliphatic carbocycles. The summed E-state index contributed by atoms with van der Waals surface area (Å²) in [5, 5.41) is 25.6. The zero-order chi connectivity index (χ0) is 17.1. The fraction of sp³-hybridized carbons (Fsp3) is 0.0625. The Morgan fingerprint density at radius 1 is 1.04 bits per heavy atom. The van der Waals surface area contributed by atoms with E-state index in [1.165, 1.54) is 11.8 Å². The van der Waals surface area contributed by atoms with Gasteiger partial charge in [0.2, 0.25) is 16.9 Å². The lowest BCUT2D eigenvalue weighted by Crippen LogP contribution is -1.98. The summed E-state index contributed by atoms with van der Waals surface area (Å²) in [5.74, 6) is 1.67. The summed E-state index contributed by atoms with van der Waals surface area (Å²) in [7, 11) is 0. The van der Waals surface area contributed by atoms with Crippen molar-refractivity contribution in [3.8, 4) is 22.8 Å². The van der Waals surface area contributed by atoms with Gasteiger partial charge in [0.1, 0.15) is 5.75 Å². The number of nitrogens with zero attached hydrogens (tertiary/aromatic N) is 6. The van der Waals surface area contributed by atoms with Gasteiger partial charge in [0.25, 0.3) is 0 Å². The van der Waals surface area contributed by atoms with Gasteiger partial charge in [-0.3, -0.25) is 0 Å². The minimum absolute atomic E-state index is 0.185. The second kappa shape index (κ2) is 6.73. The first-order valence-corrected chi connectivity index (χ1v) is 8.37. The normalized spacial score (nSPS) is 10.9. The van der Waals surface area contributed by atoms with Crippen molar-refractivity contribution in [2.45, 2.75) is 10.9 Å². The largest absolute Gasteiger partial charge is 0.508 e. The van der Waals surface area contributed by atoms with Crippen LogP contribution in [0, 0.1) is 0 Å². The van der Waals surface area contributed by atoms with Crippen molar-refractivity contribution in [2.24, 2.45) is 0 Å². The maximum absolute atomic E-state index is 9.38. The third-order valence-corrected chi connectivity index (χ3v) is 4.26. The average molecular weight is 352 g/mol. The molecule has 9 heteroatoms. The van der Waals surface area contributed by atoms with Crippen LogP contribution in [0.4, 0.5) is 0 Å². The standard InChI is InChI=1S/C16H12N6O2S/c23-13-8-6-12(7-9-13)22-16(18-20-21-22)25-10-14-17-15(19-24-14)11-4-2-1-3-5-11/h1-9,23H,10H2. The SMILES string of the molecule is Oc1ccc(-n2nnnc2SCc2nc(-c3ccccc3)no2)cc1. The predicted octanol–water partition coefficient (Wildman–Crippen LogP) is 2.71. The summed E-state index contributed by atoms with van der Waals surface area (Å²) in [6.45, 7) is 0. The molecule has 4 aromatic rings. The van der Waals surface area contributed by atoms with Crippen LogP contribution in [0.15, 0.2) is 64.3 Å². The highest BCUT2D eigenvalue weighted by molar-refractivity contribution is 7.98. The van der Waals surface area contributed by atoms with E-state index in [0.717, 1.165) is 11.3 Å². The summed E-state index contributed by atoms with van der Waals surface area (Å²) in [4.78, 5) is 4.38. The van der Waals surface area contributed by atoms with Crippen molar-refractivity contribution >= 4 is 11.8 Å². The number of hydrogen-bond acceptors (Lipinski definition) is 8. The van der Waals surface area contributed by atoms with Crippen LogP contribution in [0.1, 0.15) is 5.89 Å². The molecule has 2 aromatic heterocycles. The highest BCUT2D eigenvalue weighted by Crippen LogP contribution is 2.24. The third-order valence-electron chi connectivity index (χ3n) is 3.36. The summed E-state index contributed by atoms with van der Waals surface area (Å²) in [5.41, 5.74) is 1.65. The highest BCUT2D eigenvalue weighted by atomic mass is 32.2. The summed E-state index contributed by atoms with van der Waals surface area (Å²) in [6, 6.07) is 16.2. The molecule has 124 valence electrons. The molecular weight excluding hydrogens is 340 g/mol. The molecule has 4 rings (SSSR count). The molecule has 0 bridgehead atoms. The van der Waals surface area contributed by atoms with E-state index in [4.69, 9.17) is 4.52 Å². The minimum atomic E-state index is 0.185. The molecule has 2 heterocycles. The lowest BCUT2D eigenvalue weighted by Gasteiger charge is -2.02. The Bertz CT molecular complexity index is 968. The van der Waals surface area contributed by atoms with Crippen LogP contribution in [-0.2, 0) is 5.75 Å². The molecule has 0 amide bonds. The van der Waals surface area contributed by atoms with Crippen molar-refractivity contribution in [1.82, 2.24) is 30.3 Å². The van der Waals surface area contributed by atoms with E-state index in [1.54, 1.807) is 28.9 Å². The van der Waals surface area contributed by atoms with Gasteiger partial charge in [-0.1, -0.05) is 47.3 Å². The first-order chi connectivity index (χ1) is 12.3. The molecule has 0 fully saturated rings. The van der Waals surface area contributed by atoms with Gasteiger partial charge in [0.15, 0.2) is 0 Å². The van der Waals surface area contributed by atoms with Gasteiger partial charge in [-0.05, 0) is 34.7 Å². The Balaban J connectivity index is 1.49. The van der Waals surface area contributed by atoms with Gasteiger partial charge < -0.3 is 9.63 Å². The Kier molecular flexibility index (Phi) is 4.13. The Morgan fingerprint density at radius 2 is 1.84 bits per heavy atom. The molecule has 0 saturated carbocycles. The van der Waals surface area contributed by atoms with Gasteiger partial charge in [-0.2, -0.15) is 9.67 Å². The van der Waals surface area contributed by atoms with E-state index in [0.29, 0.717) is 22.6 Å². The molecular formula is C16H12N6O2S. The van der Waals surface area contributed by atoms with Gasteiger partial charge in [-0.15, -0.1) is 5.10 Å². The first-order valence-electron chi connectivity index (χ1n) is 7.38. The molecule has 0 atom stereocenters. The lowest BCUT2D eigenvalue weighted by atomic mass is 10.2. The maximum atomic E-state index is 9.38. The number of tetrazole rings is 1. The second-order valence-corrected chi connectivity index (χ2v) is 6.00. The number of phenolic OH excluding ortho intramolecular Hbond substituents is 1. The molecule has 0 aliphatic heterocycles. The number of phenols is 1. The molecule has 0 saturated heterocycles. The van der Waals surface area contributed by atoms with E-state index in [9.17, 15) is 5.11 Å². The van der Waals surface area contributed by atoms with E-state index in [-0.39, 0.29) is 5.75 Å². The molecule has 8 nitrogen and oxygen atoms in total. The molecule has 0 radical (unpaired) electrons. The third kappa shape index (κ3) is 3.36. The highest BCUT2D eigenvalue weighted by Gasteiger charge is 2.13. The fourth-order valence-corrected chi connectivity index (χ4v) is 2.90. The van der Waals surface area contributed by atoms with Crippen LogP contribution in [0.3, 0.4) is 0 Å². The van der Waals surface area contributed by atoms with E-state index in [2.05, 4.69) is 25.7 Å². The summed E-state index contributed by atoms with van der Waals surface area (Å²) >= 11 is 1.38. The number of rotatable bonds is 5. The topological polar surface area (TPSA) is 103 Å². The van der Waals surface area contributed by atoms with Crippen molar-refractivity contribution in [3.05, 3.63) is 60.5 Å². The van der Waals surface area contributed by atoms with Crippen molar-refractivity contribution in [1.29, 1.82) is 0 Å². The molecule has 0 unspecified atom stereocenters. The van der Waals surface area contributed by atoms with E-state index >= 15 is 0 Å². The van der Waals surface area contributed by atoms with Crippen molar-refractivity contribution < 1.29 is 9.63 Å². The van der Waals surface area contributed by atoms with Crippen LogP contribution in [0.25, 0.3) is 17.1 Å². The average Bonchev–Trinajstić information content (AvgIpc) is 3.31. The van der Waals surface area contributed by atoms with E-state index < -0.39 is 0 Å². The molecule has 25 heavy (non-hydrogen) atoms. The molecule has 1 N–H and O–H groups in total. The smallest absolute Gasteiger partial charge is 0.237 e. The number of benzene rings is 2. The first kappa shape index (κ1) is 15.3. The lowest BCUT2D eigenvalue weighted by molar-refractivity contribution is 0.391. The van der Waals surface area contributed by atoms with Gasteiger partial charge >= 0.3 is 0 Å². The molecule has 0 aliphatic rings. The van der Waals surface area contributed by atoms with Crippen LogP contribution in [0.5, 0.6) is 5.75 Å². The van der Waals surface area contributed by atoms with Crippen molar-refractivity contribution in [3.63, 3.8) is 0 Å². The number of aromatic hydroxyl groups is 1. The number of aromatic nitrogens is 6. The maximum Gasteiger partial charge on any atom is 0.237 e. The Hall–Kier alpha value is -3.20. The van der Waals surface area contributed by atoms with Crippen LogP contribution in [0.2, 0.25) is 0 Å². The summed E-state index contributed by atoms with van der Waals surface area (Å²) in [6.07, 6.45) is 0. The number of thioether (sulfide) groups is 1. The summed E-state index contributed by atoms with van der Waals surface area (Å²) < 4.78 is 6.87. The fourth-order valence-electron chi connectivity index (χ4n) is 2.17. The van der Waals surface area contributed by atoms with Gasteiger partial charge in [0, 0.05) is 5.56 Å². The number of hydrogen-bond donors (Lipinski definition) is 1. The van der Waals surface area contributed by atoms with Gasteiger partial charge in [0.05, 0.1) is 11.4 Å². The van der Waals surface area contributed by atoms with Crippen LogP contribution < -0.4 is 0 Å². The second-order valence-electron chi connectivity index (χ2n) is 5.06. The predicted molar refractivity (Wildman–Crippen MR) is 90.1 cm³/mol. The van der Waals surface area contributed by atoms with Crippen LogP contribution in [-0.4, -0.2) is 35.5 Å². The Labute approximate surface area is 146 Å².